The first-order chi connectivity index (χ1) is 16.4. The molecule has 1 saturated heterocycles. The van der Waals surface area contributed by atoms with Gasteiger partial charge in [-0.2, -0.15) is 9.82 Å². The van der Waals surface area contributed by atoms with Crippen LogP contribution in [0.2, 0.25) is 0 Å². The Morgan fingerprint density at radius 2 is 1.82 bits per heavy atom. The largest absolute Gasteiger partial charge is 0.492 e. The van der Waals surface area contributed by atoms with Gasteiger partial charge in [-0.05, 0) is 75.3 Å². The molecule has 10 nitrogen and oxygen atoms in total. The van der Waals surface area contributed by atoms with Gasteiger partial charge >= 0.3 is 0 Å². The van der Waals surface area contributed by atoms with Gasteiger partial charge in [-0.3, -0.25) is 10.7 Å². The number of hydrazine groups is 1. The smallest absolute Gasteiger partial charge is 0.253 e. The lowest BCUT2D eigenvalue weighted by molar-refractivity contribution is 0.238. The van der Waals surface area contributed by atoms with Crippen LogP contribution in [0.1, 0.15) is 18.4 Å². The number of aromatic nitrogens is 2. The number of benzene rings is 2. The van der Waals surface area contributed by atoms with E-state index in [1.165, 1.54) is 25.0 Å². The third-order valence-corrected chi connectivity index (χ3v) is 6.70. The first kappa shape index (κ1) is 23.9. The van der Waals surface area contributed by atoms with Crippen LogP contribution >= 0.6 is 0 Å². The number of anilines is 4. The maximum Gasteiger partial charge on any atom is 0.253 e. The van der Waals surface area contributed by atoms with E-state index in [1.54, 1.807) is 18.3 Å². The first-order valence-electron chi connectivity index (χ1n) is 11.1. The first-order valence-corrected chi connectivity index (χ1v) is 12.6. The zero-order valence-corrected chi connectivity index (χ0v) is 19.8. The molecule has 0 bridgehead atoms. The molecule has 5 N–H and O–H groups in total. The molecule has 1 aliphatic heterocycles. The molecule has 0 aliphatic carbocycles. The second-order valence-electron chi connectivity index (χ2n) is 8.05. The predicted molar refractivity (Wildman–Crippen MR) is 132 cm³/mol. The van der Waals surface area contributed by atoms with Crippen molar-refractivity contribution in [3.05, 3.63) is 60.3 Å². The van der Waals surface area contributed by atoms with Crippen molar-refractivity contribution >= 4 is 33.2 Å². The Kier molecular flexibility index (Phi) is 7.58. The molecule has 2 heterocycles. The second-order valence-corrected chi connectivity index (χ2v) is 9.76. The Labute approximate surface area is 199 Å². The standard InChI is InChI=1S/C23H29N7O3S/c1-17-16-25-23(28-22(17)26-19-5-4-6-21(15-19)34(31,32)29-24)27-18-7-9-20(10-8-18)33-14-13-30-11-2-3-12-30/h4-10,15-16,29H,2-3,11-14,24H2,1H3,(H2,25,26,27,28). The van der Waals surface area contributed by atoms with Gasteiger partial charge in [0.1, 0.15) is 18.2 Å². The minimum Gasteiger partial charge on any atom is -0.492 e. The third kappa shape index (κ3) is 6.20. The Hall–Kier alpha value is -3.25. The molecular formula is C23H29N7O3S. The molecule has 1 aromatic heterocycles. The summed E-state index contributed by atoms with van der Waals surface area (Å²) in [5, 5.41) is 6.32. The molecule has 1 fully saturated rings. The van der Waals surface area contributed by atoms with Crippen molar-refractivity contribution in [2.45, 2.75) is 24.7 Å². The molecular weight excluding hydrogens is 454 g/mol. The fraction of sp³-hybridized carbons (Fsp3) is 0.304. The highest BCUT2D eigenvalue weighted by Crippen LogP contribution is 2.23. The number of aryl methyl sites for hydroxylation is 1. The Bertz CT molecular complexity index is 1210. The van der Waals surface area contributed by atoms with Crippen LogP contribution in [-0.2, 0) is 10.0 Å². The summed E-state index contributed by atoms with van der Waals surface area (Å²) >= 11 is 0. The molecule has 0 saturated carbocycles. The van der Waals surface area contributed by atoms with E-state index in [9.17, 15) is 8.42 Å². The molecule has 180 valence electrons. The minimum atomic E-state index is -3.76. The minimum absolute atomic E-state index is 0.0489. The average molecular weight is 484 g/mol. The van der Waals surface area contributed by atoms with Gasteiger partial charge in [-0.25, -0.2) is 13.4 Å². The monoisotopic (exact) mass is 483 g/mol. The number of rotatable bonds is 10. The lowest BCUT2D eigenvalue weighted by atomic mass is 10.3. The van der Waals surface area contributed by atoms with Crippen LogP contribution in [0.5, 0.6) is 5.75 Å². The van der Waals surface area contributed by atoms with Crippen LogP contribution in [0.4, 0.5) is 23.1 Å². The van der Waals surface area contributed by atoms with E-state index >= 15 is 0 Å². The van der Waals surface area contributed by atoms with Crippen molar-refractivity contribution in [3.63, 3.8) is 0 Å². The van der Waals surface area contributed by atoms with Crippen LogP contribution in [0.25, 0.3) is 0 Å². The number of nitrogens with two attached hydrogens (primary N) is 1. The van der Waals surface area contributed by atoms with Crippen LogP contribution in [0, 0.1) is 6.92 Å². The summed E-state index contributed by atoms with van der Waals surface area (Å²) in [4.78, 5) is 13.2. The fourth-order valence-corrected chi connectivity index (χ4v) is 4.31. The number of ether oxygens (including phenoxy) is 1. The number of nitrogens with one attached hydrogen (secondary N) is 3. The molecule has 0 atom stereocenters. The van der Waals surface area contributed by atoms with Gasteiger partial charge in [-0.15, -0.1) is 0 Å². The summed E-state index contributed by atoms with van der Waals surface area (Å²) in [6.07, 6.45) is 4.24. The molecule has 0 amide bonds. The summed E-state index contributed by atoms with van der Waals surface area (Å²) < 4.78 is 29.8. The molecule has 0 radical (unpaired) electrons. The van der Waals surface area contributed by atoms with Crippen molar-refractivity contribution < 1.29 is 13.2 Å². The zero-order chi connectivity index (χ0) is 24.0. The number of hydrogen-bond acceptors (Lipinski definition) is 9. The predicted octanol–water partition coefficient (Wildman–Crippen LogP) is 2.90. The topological polar surface area (TPSA) is 135 Å². The van der Waals surface area contributed by atoms with Crippen LogP contribution in [0.15, 0.2) is 59.6 Å². The van der Waals surface area contributed by atoms with Crippen LogP contribution in [-0.4, -0.2) is 49.5 Å². The number of likely N-dealkylation sites (tertiary alicyclic amines) is 1. The number of sulfonamides is 1. The summed E-state index contributed by atoms with van der Waals surface area (Å²) in [5.74, 6) is 6.89. The molecule has 2 aromatic carbocycles. The highest BCUT2D eigenvalue weighted by Gasteiger charge is 2.13. The van der Waals surface area contributed by atoms with E-state index < -0.39 is 10.0 Å². The van der Waals surface area contributed by atoms with Gasteiger partial charge in [0, 0.05) is 29.7 Å². The van der Waals surface area contributed by atoms with Gasteiger partial charge in [0.2, 0.25) is 5.95 Å². The van der Waals surface area contributed by atoms with E-state index in [1.807, 2.05) is 36.0 Å². The molecule has 3 aromatic rings. The highest BCUT2D eigenvalue weighted by atomic mass is 32.2. The summed E-state index contributed by atoms with van der Waals surface area (Å²) in [6.45, 7) is 5.81. The van der Waals surface area contributed by atoms with E-state index in [4.69, 9.17) is 10.6 Å². The van der Waals surface area contributed by atoms with E-state index in [0.29, 0.717) is 24.1 Å². The molecule has 34 heavy (non-hydrogen) atoms. The SMILES string of the molecule is Cc1cnc(Nc2ccc(OCCN3CCCC3)cc2)nc1Nc1cccc(S(=O)(=O)NN)c1. The molecule has 4 rings (SSSR count). The summed E-state index contributed by atoms with van der Waals surface area (Å²) in [7, 11) is -3.76. The third-order valence-electron chi connectivity index (χ3n) is 5.52. The van der Waals surface area contributed by atoms with Crippen LogP contribution in [0.3, 0.4) is 0 Å². The lowest BCUT2D eigenvalue weighted by Gasteiger charge is -2.15. The fourth-order valence-electron chi connectivity index (χ4n) is 3.64. The van der Waals surface area contributed by atoms with Crippen molar-refractivity contribution in [3.8, 4) is 5.75 Å². The summed E-state index contributed by atoms with van der Waals surface area (Å²) in [6, 6.07) is 14.0. The molecule has 11 heteroatoms. The van der Waals surface area contributed by atoms with Gasteiger partial charge in [0.05, 0.1) is 4.90 Å². The molecule has 0 spiro atoms. The van der Waals surface area contributed by atoms with Gasteiger partial charge in [0.25, 0.3) is 10.0 Å². The van der Waals surface area contributed by atoms with Crippen LogP contribution < -0.4 is 26.0 Å². The maximum atomic E-state index is 12.0. The van der Waals surface area contributed by atoms with Crippen molar-refractivity contribution in [1.82, 2.24) is 19.7 Å². The molecule has 0 unspecified atom stereocenters. The Morgan fingerprint density at radius 3 is 2.56 bits per heavy atom. The van der Waals surface area contributed by atoms with Gasteiger partial charge in [-0.1, -0.05) is 6.07 Å². The average Bonchev–Trinajstić information content (AvgIpc) is 3.36. The van der Waals surface area contributed by atoms with Crippen molar-refractivity contribution in [1.29, 1.82) is 0 Å². The maximum absolute atomic E-state index is 12.0. The van der Waals surface area contributed by atoms with E-state index in [0.717, 1.165) is 36.6 Å². The van der Waals surface area contributed by atoms with Crippen molar-refractivity contribution in [2.24, 2.45) is 5.84 Å². The normalized spacial score (nSPS) is 14.2. The Balaban J connectivity index is 1.39. The van der Waals surface area contributed by atoms with Gasteiger partial charge < -0.3 is 15.4 Å². The lowest BCUT2D eigenvalue weighted by Crippen LogP contribution is -2.30. The van der Waals surface area contributed by atoms with Gasteiger partial charge in [0.15, 0.2) is 0 Å². The molecule has 1 aliphatic rings. The van der Waals surface area contributed by atoms with E-state index in [-0.39, 0.29) is 4.90 Å². The quantitative estimate of drug-likeness (QED) is 0.254. The zero-order valence-electron chi connectivity index (χ0n) is 19.0. The Morgan fingerprint density at radius 1 is 1.06 bits per heavy atom. The highest BCUT2D eigenvalue weighted by molar-refractivity contribution is 7.89. The van der Waals surface area contributed by atoms with Crippen molar-refractivity contribution in [2.75, 3.05) is 36.9 Å². The number of nitrogens with zero attached hydrogens (tertiary/aromatic N) is 3. The van der Waals surface area contributed by atoms with E-state index in [2.05, 4.69) is 25.5 Å². The second kappa shape index (κ2) is 10.8. The summed E-state index contributed by atoms with van der Waals surface area (Å²) in [5.41, 5.74) is 2.18. The number of hydrogen-bond donors (Lipinski definition) is 4.